The van der Waals surface area contributed by atoms with Gasteiger partial charge in [-0.2, -0.15) is 0 Å². The molecule has 0 aliphatic carbocycles. The summed E-state index contributed by atoms with van der Waals surface area (Å²) < 4.78 is 46.8. The molecular formula is C29H28FN3O4S. The first-order chi connectivity index (χ1) is 18.2. The molecule has 0 unspecified atom stereocenters. The van der Waals surface area contributed by atoms with E-state index in [4.69, 9.17) is 4.74 Å². The lowest BCUT2D eigenvalue weighted by molar-refractivity contribution is 0.0731. The Morgan fingerprint density at radius 1 is 1.05 bits per heavy atom. The van der Waals surface area contributed by atoms with Crippen LogP contribution < -0.4 is 4.74 Å². The van der Waals surface area contributed by atoms with Crippen molar-refractivity contribution in [2.75, 3.05) is 19.4 Å². The number of carbonyl (C=O) groups excluding carboxylic acids is 1. The molecule has 0 N–H and O–H groups in total. The summed E-state index contributed by atoms with van der Waals surface area (Å²) in [6.07, 6.45) is 4.88. The van der Waals surface area contributed by atoms with Crippen LogP contribution in [0.3, 0.4) is 0 Å². The highest BCUT2D eigenvalue weighted by Gasteiger charge is 2.27. The van der Waals surface area contributed by atoms with Crippen LogP contribution in [0.4, 0.5) is 4.39 Å². The third-order valence-electron chi connectivity index (χ3n) is 6.74. The lowest BCUT2D eigenvalue weighted by Gasteiger charge is -2.22. The number of benzene rings is 3. The van der Waals surface area contributed by atoms with Crippen molar-refractivity contribution in [3.05, 3.63) is 89.6 Å². The van der Waals surface area contributed by atoms with Crippen molar-refractivity contribution in [3.8, 4) is 28.1 Å². The van der Waals surface area contributed by atoms with E-state index in [1.807, 2.05) is 60.3 Å². The van der Waals surface area contributed by atoms with Gasteiger partial charge in [-0.25, -0.2) is 17.8 Å². The zero-order chi connectivity index (χ0) is 27.0. The average Bonchev–Trinajstić information content (AvgIpc) is 3.21. The molecule has 3 aromatic carbocycles. The molecule has 0 bridgehead atoms. The van der Waals surface area contributed by atoms with Gasteiger partial charge in [-0.05, 0) is 41.8 Å². The Morgan fingerprint density at radius 2 is 1.76 bits per heavy atom. The summed E-state index contributed by atoms with van der Waals surface area (Å²) >= 11 is 0. The molecule has 0 fully saturated rings. The standard InChI is InChI=1S/C29H28FN3O4S/c1-4-23-24(10-12-27(28(23)30)38(3,35)36)29(34)33-13-14-37-26-11-9-21(15-22(26)16-33)19-5-7-20(8-6-19)25-17-32(2)18-31-25/h5-12,15,17-18H,4,13-14,16H2,1-3H3. The highest BCUT2D eigenvalue weighted by molar-refractivity contribution is 7.90. The van der Waals surface area contributed by atoms with Gasteiger partial charge >= 0.3 is 0 Å². The van der Waals surface area contributed by atoms with Crippen LogP contribution in [-0.4, -0.2) is 48.2 Å². The monoisotopic (exact) mass is 533 g/mol. The Hall–Kier alpha value is -3.98. The van der Waals surface area contributed by atoms with Crippen LogP contribution in [0.25, 0.3) is 22.4 Å². The smallest absolute Gasteiger partial charge is 0.254 e. The van der Waals surface area contributed by atoms with Crippen LogP contribution >= 0.6 is 0 Å². The summed E-state index contributed by atoms with van der Waals surface area (Å²) in [7, 11) is -1.82. The van der Waals surface area contributed by atoms with Gasteiger partial charge in [0.2, 0.25) is 0 Å². The lowest BCUT2D eigenvalue weighted by atomic mass is 10.00. The number of rotatable bonds is 5. The molecule has 1 aromatic heterocycles. The van der Waals surface area contributed by atoms with Crippen LogP contribution in [0, 0.1) is 5.82 Å². The van der Waals surface area contributed by atoms with Crippen LogP contribution in [0.5, 0.6) is 5.75 Å². The summed E-state index contributed by atoms with van der Waals surface area (Å²) in [5.41, 5.74) is 5.02. The van der Waals surface area contributed by atoms with Gasteiger partial charge in [0, 0.05) is 48.3 Å². The SMILES string of the molecule is CCc1c(C(=O)N2CCOc3ccc(-c4ccc(-c5cn(C)cn5)cc4)cc3C2)ccc(S(C)(=O)=O)c1F. The second kappa shape index (κ2) is 10.1. The first-order valence-corrected chi connectivity index (χ1v) is 14.2. The molecule has 0 atom stereocenters. The van der Waals surface area contributed by atoms with Crippen LogP contribution in [0.15, 0.2) is 72.0 Å². The number of ether oxygens (including phenoxy) is 1. The maximum atomic E-state index is 15.1. The van der Waals surface area contributed by atoms with Gasteiger partial charge in [-0.1, -0.05) is 37.3 Å². The van der Waals surface area contributed by atoms with Gasteiger partial charge in [-0.3, -0.25) is 4.79 Å². The number of imidazole rings is 1. The molecule has 2 heterocycles. The zero-order valence-electron chi connectivity index (χ0n) is 21.4. The molecule has 196 valence electrons. The first-order valence-electron chi connectivity index (χ1n) is 12.3. The molecule has 4 aromatic rings. The molecule has 0 radical (unpaired) electrons. The van der Waals surface area contributed by atoms with E-state index in [0.29, 0.717) is 18.9 Å². The molecule has 0 spiro atoms. The van der Waals surface area contributed by atoms with Crippen molar-refractivity contribution < 1.29 is 22.3 Å². The van der Waals surface area contributed by atoms with Crippen molar-refractivity contribution in [1.29, 1.82) is 0 Å². The van der Waals surface area contributed by atoms with Crippen molar-refractivity contribution in [2.45, 2.75) is 24.8 Å². The molecule has 38 heavy (non-hydrogen) atoms. The van der Waals surface area contributed by atoms with E-state index < -0.39 is 20.5 Å². The van der Waals surface area contributed by atoms with Gasteiger partial charge in [-0.15, -0.1) is 0 Å². The quantitative estimate of drug-likeness (QED) is 0.365. The van der Waals surface area contributed by atoms with E-state index in [1.165, 1.54) is 12.1 Å². The van der Waals surface area contributed by atoms with Gasteiger partial charge in [0.15, 0.2) is 9.84 Å². The Morgan fingerprint density at radius 3 is 2.42 bits per heavy atom. The van der Waals surface area contributed by atoms with E-state index in [9.17, 15) is 13.2 Å². The van der Waals surface area contributed by atoms with Gasteiger partial charge in [0.05, 0.1) is 18.6 Å². The normalized spacial score (nSPS) is 13.5. The van der Waals surface area contributed by atoms with Crippen LogP contribution in [0.1, 0.15) is 28.4 Å². The number of hydrogen-bond donors (Lipinski definition) is 0. The molecule has 1 aliphatic rings. The van der Waals surface area contributed by atoms with Crippen LogP contribution in [0.2, 0.25) is 0 Å². The second-order valence-electron chi connectivity index (χ2n) is 9.43. The third-order valence-corrected chi connectivity index (χ3v) is 7.85. The molecular weight excluding hydrogens is 505 g/mol. The van der Waals surface area contributed by atoms with Gasteiger partial charge < -0.3 is 14.2 Å². The molecule has 0 saturated carbocycles. The highest BCUT2D eigenvalue weighted by atomic mass is 32.2. The number of nitrogens with zero attached hydrogens (tertiary/aromatic N) is 3. The van der Waals surface area contributed by atoms with E-state index in [-0.39, 0.29) is 30.0 Å². The number of aryl methyl sites for hydroxylation is 1. The third kappa shape index (κ3) is 4.93. The summed E-state index contributed by atoms with van der Waals surface area (Å²) in [5, 5.41) is 0. The predicted octanol–water partition coefficient (Wildman–Crippen LogP) is 4.89. The Balaban J connectivity index is 1.43. The minimum Gasteiger partial charge on any atom is -0.491 e. The van der Waals surface area contributed by atoms with Crippen molar-refractivity contribution in [1.82, 2.24) is 14.5 Å². The number of hydrogen-bond acceptors (Lipinski definition) is 5. The van der Waals surface area contributed by atoms with Crippen LogP contribution in [-0.2, 0) is 29.9 Å². The van der Waals surface area contributed by atoms with Gasteiger partial charge in [0.25, 0.3) is 5.91 Å². The molecule has 1 amide bonds. The summed E-state index contributed by atoms with van der Waals surface area (Å²) in [4.78, 5) is 19.2. The second-order valence-corrected chi connectivity index (χ2v) is 11.4. The number of amides is 1. The first kappa shape index (κ1) is 25.7. The highest BCUT2D eigenvalue weighted by Crippen LogP contribution is 2.32. The number of sulfone groups is 1. The van der Waals surface area contributed by atoms with E-state index >= 15 is 4.39 Å². The van der Waals surface area contributed by atoms with Gasteiger partial charge in [0.1, 0.15) is 23.1 Å². The maximum Gasteiger partial charge on any atom is 0.254 e. The molecule has 9 heteroatoms. The number of halogens is 1. The fourth-order valence-corrected chi connectivity index (χ4v) is 5.51. The Kier molecular flexibility index (Phi) is 6.79. The fourth-order valence-electron chi connectivity index (χ4n) is 4.74. The maximum absolute atomic E-state index is 15.1. The number of carbonyl (C=O) groups is 1. The Labute approximate surface area is 221 Å². The average molecular weight is 534 g/mol. The number of aromatic nitrogens is 2. The summed E-state index contributed by atoms with van der Waals surface area (Å²) in [5.74, 6) is -0.519. The number of fused-ring (bicyclic) bond motifs is 1. The predicted molar refractivity (Wildman–Crippen MR) is 143 cm³/mol. The van der Waals surface area contributed by atoms with Crippen molar-refractivity contribution in [2.24, 2.45) is 7.05 Å². The van der Waals surface area contributed by atoms with Crippen molar-refractivity contribution >= 4 is 15.7 Å². The van der Waals surface area contributed by atoms with Crippen molar-refractivity contribution in [3.63, 3.8) is 0 Å². The fraction of sp³-hybridized carbons (Fsp3) is 0.241. The summed E-state index contributed by atoms with van der Waals surface area (Å²) in [6.45, 7) is 2.60. The molecule has 7 nitrogen and oxygen atoms in total. The minimum absolute atomic E-state index is 0.102. The Bertz CT molecular complexity index is 1630. The van der Waals surface area contributed by atoms with E-state index in [2.05, 4.69) is 4.98 Å². The summed E-state index contributed by atoms with van der Waals surface area (Å²) in [6, 6.07) is 16.6. The van der Waals surface area contributed by atoms with E-state index in [1.54, 1.807) is 18.2 Å². The molecule has 1 aliphatic heterocycles. The largest absolute Gasteiger partial charge is 0.491 e. The lowest BCUT2D eigenvalue weighted by Crippen LogP contribution is -2.33. The molecule has 5 rings (SSSR count). The topological polar surface area (TPSA) is 81.5 Å². The zero-order valence-corrected chi connectivity index (χ0v) is 22.3. The van der Waals surface area contributed by atoms with E-state index in [0.717, 1.165) is 34.2 Å². The minimum atomic E-state index is -3.75. The molecule has 0 saturated heterocycles.